The first-order valence-corrected chi connectivity index (χ1v) is 24.0. The van der Waals surface area contributed by atoms with Gasteiger partial charge in [0, 0.05) is 49.1 Å². The van der Waals surface area contributed by atoms with Crippen molar-refractivity contribution in [2.75, 3.05) is 0 Å². The molecule has 4 heteroatoms. The zero-order chi connectivity index (χ0) is 42.2. The van der Waals surface area contributed by atoms with E-state index in [1.807, 2.05) is 6.07 Å². The van der Waals surface area contributed by atoms with Crippen LogP contribution in [0.25, 0.3) is 88.1 Å². The van der Waals surface area contributed by atoms with E-state index in [0.717, 1.165) is 61.0 Å². The summed E-state index contributed by atoms with van der Waals surface area (Å²) in [5.41, 5.74) is 10.9. The molecule has 64 heavy (non-hydrogen) atoms. The summed E-state index contributed by atoms with van der Waals surface area (Å²) in [7, 11) is -2.72. The molecule has 3 heterocycles. The van der Waals surface area contributed by atoms with Gasteiger partial charge in [0.15, 0.2) is 8.07 Å². The Balaban J connectivity index is 1.09. The summed E-state index contributed by atoms with van der Waals surface area (Å²) in [6.07, 6.45) is 0. The molecule has 0 saturated heterocycles. The maximum absolute atomic E-state index is 6.70. The Kier molecular flexibility index (Phi) is 8.23. The van der Waals surface area contributed by atoms with Crippen molar-refractivity contribution in [1.82, 2.24) is 9.13 Å². The normalized spacial score (nSPS) is 12.1. The standard InChI is InChI=1S/C60H40N2OSi/c1-4-19-42(20-5-1)64(43-21-6-2-7-22-43,44-23-8-3-9-24-44)45-39-37-41(38-40-45)61-54-33-13-10-26-47(54)50-30-18-35-56(59(50)61)62-55-34-14-11-25-46(55)49-28-16-29-51(58(49)62)53-32-17-31-52-48-27-12-15-36-57(48)63-60(52)53/h1-40H. The number of furan rings is 1. The smallest absolute Gasteiger partial charge is 0.179 e. The molecule has 300 valence electrons. The van der Waals surface area contributed by atoms with Crippen LogP contribution < -0.4 is 20.7 Å². The number of benzene rings is 10. The van der Waals surface area contributed by atoms with E-state index in [1.165, 1.54) is 47.8 Å². The van der Waals surface area contributed by atoms with Crippen molar-refractivity contribution in [2.24, 2.45) is 0 Å². The monoisotopic (exact) mass is 832 g/mol. The molecule has 0 aliphatic rings. The molecule has 0 saturated carbocycles. The fraction of sp³-hybridized carbons (Fsp3) is 0. The van der Waals surface area contributed by atoms with Crippen molar-refractivity contribution >= 4 is 94.4 Å². The van der Waals surface area contributed by atoms with Gasteiger partial charge in [-0.3, -0.25) is 0 Å². The Morgan fingerprint density at radius 1 is 0.297 bits per heavy atom. The Morgan fingerprint density at radius 2 is 0.750 bits per heavy atom. The lowest BCUT2D eigenvalue weighted by molar-refractivity contribution is 0.670. The second-order valence-corrected chi connectivity index (χ2v) is 20.6. The van der Waals surface area contributed by atoms with Crippen molar-refractivity contribution in [3.8, 4) is 22.5 Å². The van der Waals surface area contributed by atoms with Gasteiger partial charge >= 0.3 is 0 Å². The quantitative estimate of drug-likeness (QED) is 0.116. The van der Waals surface area contributed by atoms with Crippen molar-refractivity contribution in [2.45, 2.75) is 0 Å². The summed E-state index contributed by atoms with van der Waals surface area (Å²) >= 11 is 0. The van der Waals surface area contributed by atoms with Crippen molar-refractivity contribution in [3.63, 3.8) is 0 Å². The minimum atomic E-state index is -2.72. The Labute approximate surface area is 371 Å². The molecule has 13 aromatic rings. The molecule has 0 atom stereocenters. The van der Waals surface area contributed by atoms with Gasteiger partial charge in [0.2, 0.25) is 0 Å². The van der Waals surface area contributed by atoms with Crippen molar-refractivity contribution in [3.05, 3.63) is 243 Å². The highest BCUT2D eigenvalue weighted by Crippen LogP contribution is 2.44. The minimum absolute atomic E-state index is 0.897. The molecule has 3 nitrogen and oxygen atoms in total. The molecule has 0 amide bonds. The van der Waals surface area contributed by atoms with Crippen LogP contribution >= 0.6 is 0 Å². The van der Waals surface area contributed by atoms with Crippen LogP contribution in [0, 0.1) is 0 Å². The lowest BCUT2D eigenvalue weighted by Crippen LogP contribution is -2.74. The second kappa shape index (κ2) is 14.5. The van der Waals surface area contributed by atoms with Gasteiger partial charge in [-0.1, -0.05) is 206 Å². The predicted molar refractivity (Wildman–Crippen MR) is 271 cm³/mol. The van der Waals surface area contributed by atoms with Crippen molar-refractivity contribution < 1.29 is 4.42 Å². The summed E-state index contributed by atoms with van der Waals surface area (Å²) in [4.78, 5) is 0. The molecule has 0 unspecified atom stereocenters. The van der Waals surface area contributed by atoms with E-state index in [4.69, 9.17) is 4.42 Å². The Bertz CT molecular complexity index is 3790. The summed E-state index contributed by atoms with van der Waals surface area (Å²) in [5, 5.41) is 12.5. The summed E-state index contributed by atoms with van der Waals surface area (Å²) in [6, 6.07) is 89.1. The zero-order valence-electron chi connectivity index (χ0n) is 34.9. The highest BCUT2D eigenvalue weighted by Gasteiger charge is 2.41. The minimum Gasteiger partial charge on any atom is -0.455 e. The fourth-order valence-electron chi connectivity index (χ4n) is 10.8. The number of para-hydroxylation sites is 6. The van der Waals surface area contributed by atoms with E-state index in [-0.39, 0.29) is 0 Å². The van der Waals surface area contributed by atoms with E-state index < -0.39 is 8.07 Å². The van der Waals surface area contributed by atoms with Gasteiger partial charge in [0.25, 0.3) is 0 Å². The van der Waals surface area contributed by atoms with Gasteiger partial charge < -0.3 is 13.6 Å². The molecular formula is C60H40N2OSi. The molecule has 0 N–H and O–H groups in total. The second-order valence-electron chi connectivity index (χ2n) is 16.8. The molecule has 3 aromatic heterocycles. The van der Waals surface area contributed by atoms with Crippen LogP contribution in [0.1, 0.15) is 0 Å². The van der Waals surface area contributed by atoms with Gasteiger partial charge in [-0.15, -0.1) is 0 Å². The molecule has 0 aliphatic carbocycles. The number of nitrogens with zero attached hydrogens (tertiary/aromatic N) is 2. The molecular weight excluding hydrogens is 793 g/mol. The highest BCUT2D eigenvalue weighted by atomic mass is 28.3. The Morgan fingerprint density at radius 3 is 1.38 bits per heavy atom. The first kappa shape index (κ1) is 36.5. The lowest BCUT2D eigenvalue weighted by Gasteiger charge is -2.34. The van der Waals surface area contributed by atoms with Gasteiger partial charge in [-0.25, -0.2) is 0 Å². The third kappa shape index (κ3) is 5.27. The highest BCUT2D eigenvalue weighted by molar-refractivity contribution is 7.19. The average Bonchev–Trinajstić information content (AvgIpc) is 4.04. The molecule has 0 radical (unpaired) electrons. The summed E-state index contributed by atoms with van der Waals surface area (Å²) in [6.45, 7) is 0. The number of rotatable bonds is 7. The van der Waals surface area contributed by atoms with Crippen molar-refractivity contribution in [1.29, 1.82) is 0 Å². The number of aromatic nitrogens is 2. The SMILES string of the molecule is c1ccc([Si](c2ccccc2)(c2ccccc2)c2ccc(-n3c4ccccc4c4cccc(-n5c6ccccc6c6cccc(-c7cccc8c7oc7ccccc78)c65)c43)cc2)cc1. The topological polar surface area (TPSA) is 23.0 Å². The lowest BCUT2D eigenvalue weighted by atomic mass is 9.99. The van der Waals surface area contributed by atoms with Crippen LogP contribution in [0.3, 0.4) is 0 Å². The first-order valence-electron chi connectivity index (χ1n) is 22.0. The van der Waals surface area contributed by atoms with Crippen LogP contribution in [0.2, 0.25) is 0 Å². The maximum Gasteiger partial charge on any atom is 0.179 e. The molecule has 0 aliphatic heterocycles. The predicted octanol–water partition coefficient (Wildman–Crippen LogP) is 12.8. The third-order valence-electron chi connectivity index (χ3n) is 13.5. The van der Waals surface area contributed by atoms with E-state index in [1.54, 1.807) is 0 Å². The molecule has 0 bridgehead atoms. The van der Waals surface area contributed by atoms with Crippen LogP contribution in [-0.2, 0) is 0 Å². The first-order chi connectivity index (χ1) is 31.8. The number of hydrogen-bond donors (Lipinski definition) is 0. The molecule has 13 rings (SSSR count). The maximum atomic E-state index is 6.70. The van der Waals surface area contributed by atoms with Gasteiger partial charge in [0.1, 0.15) is 11.2 Å². The van der Waals surface area contributed by atoms with Gasteiger partial charge in [-0.05, 0) is 57.1 Å². The van der Waals surface area contributed by atoms with Crippen LogP contribution in [0.4, 0.5) is 0 Å². The largest absolute Gasteiger partial charge is 0.455 e. The molecule has 10 aromatic carbocycles. The van der Waals surface area contributed by atoms with E-state index >= 15 is 0 Å². The Hall–Kier alpha value is -8.18. The van der Waals surface area contributed by atoms with Gasteiger partial charge in [-0.2, -0.15) is 0 Å². The number of hydrogen-bond acceptors (Lipinski definition) is 1. The zero-order valence-corrected chi connectivity index (χ0v) is 35.9. The van der Waals surface area contributed by atoms with Crippen LogP contribution in [-0.4, -0.2) is 17.2 Å². The number of fused-ring (bicyclic) bond motifs is 9. The summed E-state index contributed by atoms with van der Waals surface area (Å²) < 4.78 is 11.7. The molecule has 0 spiro atoms. The van der Waals surface area contributed by atoms with E-state index in [2.05, 4.69) is 246 Å². The summed E-state index contributed by atoms with van der Waals surface area (Å²) in [5.74, 6) is 0. The van der Waals surface area contributed by atoms with Crippen LogP contribution in [0.5, 0.6) is 0 Å². The third-order valence-corrected chi connectivity index (χ3v) is 18.3. The average molecular weight is 833 g/mol. The molecule has 0 fully saturated rings. The van der Waals surface area contributed by atoms with Crippen LogP contribution in [0.15, 0.2) is 247 Å². The van der Waals surface area contributed by atoms with Gasteiger partial charge in [0.05, 0.1) is 27.8 Å². The van der Waals surface area contributed by atoms with E-state index in [0.29, 0.717) is 0 Å². The van der Waals surface area contributed by atoms with E-state index in [9.17, 15) is 0 Å². The fourth-order valence-corrected chi connectivity index (χ4v) is 15.6.